The number of carbonyl (C=O) groups excluding carboxylic acids is 3. The minimum Gasteiger partial charge on any atom is -0.462 e. The number of anilines is 1. The van der Waals surface area contributed by atoms with E-state index in [-0.39, 0.29) is 28.5 Å². The summed E-state index contributed by atoms with van der Waals surface area (Å²) >= 11 is 13.5. The Morgan fingerprint density at radius 2 is 1.85 bits per heavy atom. The normalized spacial score (nSPS) is 11.8. The molecule has 9 nitrogen and oxygen atoms in total. The van der Waals surface area contributed by atoms with Gasteiger partial charge in [-0.15, -0.1) is 10.2 Å². The summed E-state index contributed by atoms with van der Waals surface area (Å²) in [5.41, 5.74) is 1.18. The first kappa shape index (κ1) is 31.4. The highest BCUT2D eigenvalue weighted by molar-refractivity contribution is 7.99. The number of benzene rings is 2. The van der Waals surface area contributed by atoms with Crippen molar-refractivity contribution in [2.45, 2.75) is 58.3 Å². The molecule has 0 saturated heterocycles. The lowest BCUT2D eigenvalue weighted by Crippen LogP contribution is -2.32. The predicted molar refractivity (Wildman–Crippen MR) is 158 cm³/mol. The molecule has 0 fully saturated rings. The fourth-order valence-electron chi connectivity index (χ4n) is 3.90. The summed E-state index contributed by atoms with van der Waals surface area (Å²) in [5.74, 6) is -0.115. The zero-order chi connectivity index (χ0) is 29.2. The average Bonchev–Trinajstić information content (AvgIpc) is 3.33. The van der Waals surface area contributed by atoms with Crippen LogP contribution in [0.5, 0.6) is 0 Å². The van der Waals surface area contributed by atoms with Crippen LogP contribution in [0.1, 0.15) is 73.1 Å². The second-order valence-electron chi connectivity index (χ2n) is 9.42. The summed E-state index contributed by atoms with van der Waals surface area (Å²) in [5, 5.41) is 15.8. The molecule has 1 heterocycles. The van der Waals surface area contributed by atoms with E-state index in [1.54, 1.807) is 36.4 Å². The van der Waals surface area contributed by atoms with Gasteiger partial charge < -0.3 is 19.9 Å². The number of carbonyl (C=O) groups is 3. The van der Waals surface area contributed by atoms with E-state index < -0.39 is 12.0 Å². The summed E-state index contributed by atoms with van der Waals surface area (Å²) in [6.07, 6.45) is 1.35. The van der Waals surface area contributed by atoms with Gasteiger partial charge in [0.25, 0.3) is 5.91 Å². The minimum absolute atomic E-state index is 0.0736. The third-order valence-corrected chi connectivity index (χ3v) is 7.23. The van der Waals surface area contributed by atoms with E-state index in [0.29, 0.717) is 52.4 Å². The van der Waals surface area contributed by atoms with Crippen LogP contribution >= 0.6 is 35.0 Å². The number of ether oxygens (including phenoxy) is 1. The first-order valence-electron chi connectivity index (χ1n) is 13.0. The van der Waals surface area contributed by atoms with E-state index in [4.69, 9.17) is 27.9 Å². The number of hydrogen-bond donors (Lipinski definition) is 2. The van der Waals surface area contributed by atoms with Crippen LogP contribution in [-0.2, 0) is 16.1 Å². The number of aromatic nitrogens is 3. The van der Waals surface area contributed by atoms with Gasteiger partial charge in [-0.2, -0.15) is 0 Å². The van der Waals surface area contributed by atoms with Crippen LogP contribution in [0.2, 0.25) is 10.0 Å². The van der Waals surface area contributed by atoms with Crippen molar-refractivity contribution < 1.29 is 19.1 Å². The zero-order valence-corrected chi connectivity index (χ0v) is 25.2. The lowest BCUT2D eigenvalue weighted by molar-refractivity contribution is -0.113. The molecule has 3 aromatic rings. The quantitative estimate of drug-likeness (QED) is 0.170. The van der Waals surface area contributed by atoms with Gasteiger partial charge in [-0.3, -0.25) is 9.59 Å². The summed E-state index contributed by atoms with van der Waals surface area (Å²) < 4.78 is 7.05. The molecule has 2 N–H and O–H groups in total. The summed E-state index contributed by atoms with van der Waals surface area (Å²) in [6, 6.07) is 10.9. The molecule has 2 aromatic carbocycles. The smallest absolute Gasteiger partial charge is 0.338 e. The number of rotatable bonds is 13. The Balaban J connectivity index is 1.70. The van der Waals surface area contributed by atoms with E-state index in [1.165, 1.54) is 17.8 Å². The van der Waals surface area contributed by atoms with Gasteiger partial charge >= 0.3 is 5.97 Å². The predicted octanol–water partition coefficient (Wildman–Crippen LogP) is 6.42. The summed E-state index contributed by atoms with van der Waals surface area (Å²) in [7, 11) is 0. The maximum absolute atomic E-state index is 13.1. The molecule has 40 heavy (non-hydrogen) atoms. The van der Waals surface area contributed by atoms with Gasteiger partial charge in [0, 0.05) is 17.3 Å². The number of hydrogen-bond acceptors (Lipinski definition) is 7. The van der Waals surface area contributed by atoms with E-state index in [0.717, 1.165) is 6.42 Å². The molecule has 3 rings (SSSR count). The number of halogens is 2. The molecular formula is C28H33Cl2N5O4S. The van der Waals surface area contributed by atoms with Gasteiger partial charge in [-0.25, -0.2) is 4.79 Å². The Morgan fingerprint density at radius 1 is 1.07 bits per heavy atom. The molecule has 0 aliphatic heterocycles. The Bertz CT molecular complexity index is 1350. The molecule has 0 bridgehead atoms. The SMILES string of the molecule is CCCOC(=O)c1cccc(NC(=O)CSc2nnc([C@H](CC(C)C)NC(=O)c3ccc(Cl)cc3Cl)n2CC)c1. The van der Waals surface area contributed by atoms with E-state index >= 15 is 0 Å². The fraction of sp³-hybridized carbons (Fsp3) is 0.393. The van der Waals surface area contributed by atoms with Crippen LogP contribution in [0.25, 0.3) is 0 Å². The Kier molecular flexibility index (Phi) is 11.8. The second-order valence-corrected chi connectivity index (χ2v) is 11.2. The van der Waals surface area contributed by atoms with Gasteiger partial charge in [0.2, 0.25) is 5.91 Å². The topological polar surface area (TPSA) is 115 Å². The van der Waals surface area contributed by atoms with Crippen molar-refractivity contribution in [2.24, 2.45) is 5.92 Å². The third kappa shape index (κ3) is 8.71. The van der Waals surface area contributed by atoms with Crippen LogP contribution in [0.3, 0.4) is 0 Å². The highest BCUT2D eigenvalue weighted by Crippen LogP contribution is 2.27. The van der Waals surface area contributed by atoms with Crippen molar-refractivity contribution in [3.8, 4) is 0 Å². The minimum atomic E-state index is -0.433. The Labute approximate surface area is 248 Å². The molecule has 0 aliphatic rings. The molecule has 0 saturated carbocycles. The molecule has 214 valence electrons. The van der Waals surface area contributed by atoms with Gasteiger partial charge in [0.05, 0.1) is 34.6 Å². The zero-order valence-electron chi connectivity index (χ0n) is 22.9. The Hall–Kier alpha value is -3.08. The molecular weight excluding hydrogens is 573 g/mol. The summed E-state index contributed by atoms with van der Waals surface area (Å²) in [4.78, 5) is 37.9. The van der Waals surface area contributed by atoms with Crippen molar-refractivity contribution in [3.63, 3.8) is 0 Å². The average molecular weight is 607 g/mol. The molecule has 1 aromatic heterocycles. The number of esters is 1. The fourth-order valence-corrected chi connectivity index (χ4v) is 5.20. The molecule has 0 radical (unpaired) electrons. The van der Waals surface area contributed by atoms with Crippen molar-refractivity contribution in [3.05, 3.63) is 69.5 Å². The first-order valence-corrected chi connectivity index (χ1v) is 14.8. The lowest BCUT2D eigenvalue weighted by atomic mass is 10.0. The standard InChI is InChI=1S/C28H33Cl2N5O4S/c1-5-12-39-27(38)18-8-7-9-20(14-18)31-24(36)16-40-28-34-33-25(35(28)6-2)23(13-17(3)4)32-26(37)21-11-10-19(29)15-22(21)30/h7-11,14-15,17,23H,5-6,12-13,16H2,1-4H3,(H,31,36)(H,32,37)/t23-/m0/s1. The molecule has 0 unspecified atom stereocenters. The van der Waals surface area contributed by atoms with Crippen LogP contribution in [-0.4, -0.2) is 44.9 Å². The number of thioether (sulfide) groups is 1. The van der Waals surface area contributed by atoms with Gasteiger partial charge in [-0.1, -0.05) is 61.8 Å². The third-order valence-electron chi connectivity index (χ3n) is 5.71. The molecule has 0 aliphatic carbocycles. The highest BCUT2D eigenvalue weighted by atomic mass is 35.5. The van der Waals surface area contributed by atoms with Gasteiger partial charge in [0.15, 0.2) is 11.0 Å². The van der Waals surface area contributed by atoms with E-state index in [2.05, 4.69) is 34.7 Å². The number of amides is 2. The van der Waals surface area contributed by atoms with Gasteiger partial charge in [-0.05, 0) is 62.1 Å². The van der Waals surface area contributed by atoms with Crippen LogP contribution < -0.4 is 10.6 Å². The van der Waals surface area contributed by atoms with E-state index in [9.17, 15) is 14.4 Å². The largest absolute Gasteiger partial charge is 0.462 e. The molecule has 1 atom stereocenters. The van der Waals surface area contributed by atoms with Gasteiger partial charge in [0.1, 0.15) is 0 Å². The monoisotopic (exact) mass is 605 g/mol. The highest BCUT2D eigenvalue weighted by Gasteiger charge is 2.25. The number of nitrogens with one attached hydrogen (secondary N) is 2. The molecule has 12 heteroatoms. The molecule has 0 spiro atoms. The van der Waals surface area contributed by atoms with Crippen LogP contribution in [0.15, 0.2) is 47.6 Å². The summed E-state index contributed by atoms with van der Waals surface area (Å²) in [6.45, 7) is 8.86. The van der Waals surface area contributed by atoms with Crippen molar-refractivity contribution >= 4 is 58.4 Å². The Morgan fingerprint density at radius 3 is 2.52 bits per heavy atom. The lowest BCUT2D eigenvalue weighted by Gasteiger charge is -2.21. The van der Waals surface area contributed by atoms with Crippen LogP contribution in [0, 0.1) is 5.92 Å². The molecule has 2 amide bonds. The first-order chi connectivity index (χ1) is 19.1. The van der Waals surface area contributed by atoms with Crippen molar-refractivity contribution in [1.82, 2.24) is 20.1 Å². The van der Waals surface area contributed by atoms with Crippen molar-refractivity contribution in [1.29, 1.82) is 0 Å². The second kappa shape index (κ2) is 15.1. The van der Waals surface area contributed by atoms with E-state index in [1.807, 2.05) is 18.4 Å². The van der Waals surface area contributed by atoms with Crippen LogP contribution in [0.4, 0.5) is 5.69 Å². The van der Waals surface area contributed by atoms with Crippen molar-refractivity contribution in [2.75, 3.05) is 17.7 Å². The maximum atomic E-state index is 13.1. The maximum Gasteiger partial charge on any atom is 0.338 e. The number of nitrogens with zero attached hydrogens (tertiary/aromatic N) is 3.